The van der Waals surface area contributed by atoms with Crippen LogP contribution in [0, 0.1) is 0 Å². The van der Waals surface area contributed by atoms with Gasteiger partial charge in [-0.25, -0.2) is 4.79 Å². The molecule has 0 aliphatic rings. The fraction of sp³-hybridized carbons (Fsp3) is 0.235. The lowest BCUT2D eigenvalue weighted by Crippen LogP contribution is -2.35. The van der Waals surface area contributed by atoms with E-state index in [0.717, 1.165) is 10.1 Å². The van der Waals surface area contributed by atoms with Crippen LogP contribution in [0.25, 0.3) is 10.2 Å². The van der Waals surface area contributed by atoms with E-state index >= 15 is 0 Å². The summed E-state index contributed by atoms with van der Waals surface area (Å²) in [5, 5.41) is 5.15. The topological polar surface area (TPSA) is 84.0 Å². The maximum absolute atomic E-state index is 12.3. The summed E-state index contributed by atoms with van der Waals surface area (Å²) in [7, 11) is 0. The molecule has 2 heterocycles. The van der Waals surface area contributed by atoms with E-state index in [-0.39, 0.29) is 24.4 Å². The first-order valence-electron chi connectivity index (χ1n) is 7.76. The third kappa shape index (κ3) is 4.00. The predicted octanol–water partition coefficient (Wildman–Crippen LogP) is 2.50. The van der Waals surface area contributed by atoms with Crippen molar-refractivity contribution in [2.45, 2.75) is 25.9 Å². The third-order valence-electron chi connectivity index (χ3n) is 3.81. The van der Waals surface area contributed by atoms with E-state index in [1.165, 1.54) is 11.3 Å². The molecule has 1 amide bonds. The number of rotatable bonds is 6. The van der Waals surface area contributed by atoms with Gasteiger partial charge in [0.1, 0.15) is 4.70 Å². The molecule has 0 unspecified atom stereocenters. The zero-order chi connectivity index (χ0) is 17.8. The van der Waals surface area contributed by atoms with Crippen molar-refractivity contribution in [3.63, 3.8) is 0 Å². The van der Waals surface area contributed by atoms with E-state index in [9.17, 15) is 14.4 Å². The number of halogens is 1. The molecule has 0 aliphatic heterocycles. The van der Waals surface area contributed by atoms with Crippen LogP contribution in [-0.2, 0) is 17.9 Å². The number of aromatic nitrogens is 2. The molecule has 0 atom stereocenters. The zero-order valence-electron chi connectivity index (χ0n) is 13.3. The van der Waals surface area contributed by atoms with Crippen LogP contribution in [0.3, 0.4) is 0 Å². The Kier molecular flexibility index (Phi) is 5.35. The van der Waals surface area contributed by atoms with Gasteiger partial charge < -0.3 is 10.3 Å². The average molecular weight is 378 g/mol. The van der Waals surface area contributed by atoms with Crippen molar-refractivity contribution in [3.8, 4) is 0 Å². The van der Waals surface area contributed by atoms with E-state index in [2.05, 4.69) is 10.3 Å². The minimum Gasteiger partial charge on any atom is -0.352 e. The standard InChI is InChI=1S/C17H16ClN3O3S/c18-12-5-2-1-4-11(12)10-19-14(22)6-3-8-21-16(23)15-13(7-9-25-15)20-17(21)24/h1-2,4-5,7,9H,3,6,8,10H2,(H,19,22)(H,20,24). The fourth-order valence-electron chi connectivity index (χ4n) is 2.50. The molecule has 0 radical (unpaired) electrons. The van der Waals surface area contributed by atoms with Crippen molar-refractivity contribution in [3.05, 3.63) is 67.1 Å². The van der Waals surface area contributed by atoms with Crippen LogP contribution in [0.5, 0.6) is 0 Å². The van der Waals surface area contributed by atoms with E-state index < -0.39 is 5.69 Å². The summed E-state index contributed by atoms with van der Waals surface area (Å²) in [5.74, 6) is -0.151. The number of fused-ring (bicyclic) bond motifs is 1. The molecular weight excluding hydrogens is 362 g/mol. The van der Waals surface area contributed by atoms with Gasteiger partial charge in [0.05, 0.1) is 5.52 Å². The molecule has 0 bridgehead atoms. The molecule has 0 aliphatic carbocycles. The highest BCUT2D eigenvalue weighted by Crippen LogP contribution is 2.14. The van der Waals surface area contributed by atoms with Crippen LogP contribution >= 0.6 is 22.9 Å². The number of hydrogen-bond acceptors (Lipinski definition) is 4. The molecular formula is C17H16ClN3O3S. The Bertz CT molecular complexity index is 1020. The van der Waals surface area contributed by atoms with Crippen LogP contribution in [0.15, 0.2) is 45.3 Å². The predicted molar refractivity (Wildman–Crippen MR) is 99.2 cm³/mol. The van der Waals surface area contributed by atoms with Gasteiger partial charge in [0.25, 0.3) is 5.56 Å². The number of carbonyl (C=O) groups is 1. The van der Waals surface area contributed by atoms with E-state index in [1.54, 1.807) is 17.5 Å². The molecule has 130 valence electrons. The number of carbonyl (C=O) groups excluding carboxylic acids is 1. The van der Waals surface area contributed by atoms with Gasteiger partial charge in [0.15, 0.2) is 0 Å². The maximum Gasteiger partial charge on any atom is 0.328 e. The highest BCUT2D eigenvalue weighted by atomic mass is 35.5. The molecule has 0 spiro atoms. The number of hydrogen-bond donors (Lipinski definition) is 2. The Morgan fingerprint density at radius 2 is 2.04 bits per heavy atom. The third-order valence-corrected chi connectivity index (χ3v) is 5.08. The molecule has 0 saturated heterocycles. The molecule has 3 aromatic rings. The normalized spacial score (nSPS) is 10.9. The van der Waals surface area contributed by atoms with Crippen molar-refractivity contribution in [1.29, 1.82) is 0 Å². The molecule has 0 fully saturated rings. The number of nitrogens with one attached hydrogen (secondary N) is 2. The lowest BCUT2D eigenvalue weighted by molar-refractivity contribution is -0.121. The number of benzene rings is 1. The first-order valence-corrected chi connectivity index (χ1v) is 9.02. The van der Waals surface area contributed by atoms with Gasteiger partial charge in [-0.2, -0.15) is 0 Å². The summed E-state index contributed by atoms with van der Waals surface area (Å²) in [6.07, 6.45) is 0.618. The Hall–Kier alpha value is -2.38. The van der Waals surface area contributed by atoms with Gasteiger partial charge in [-0.05, 0) is 29.5 Å². The van der Waals surface area contributed by atoms with Crippen molar-refractivity contribution >= 4 is 39.1 Å². The van der Waals surface area contributed by atoms with Crippen molar-refractivity contribution in [1.82, 2.24) is 14.9 Å². The summed E-state index contributed by atoms with van der Waals surface area (Å²) in [6.45, 7) is 0.543. The molecule has 1 aromatic carbocycles. The van der Waals surface area contributed by atoms with E-state index in [0.29, 0.717) is 28.2 Å². The van der Waals surface area contributed by atoms with Crippen LogP contribution in [0.2, 0.25) is 5.02 Å². The number of aromatic amines is 1. The van der Waals surface area contributed by atoms with Crippen molar-refractivity contribution in [2.75, 3.05) is 0 Å². The maximum atomic E-state index is 12.3. The summed E-state index contributed by atoms with van der Waals surface area (Å²) >= 11 is 7.33. The molecule has 2 aromatic heterocycles. The number of amides is 1. The summed E-state index contributed by atoms with van der Waals surface area (Å²) in [5.41, 5.74) is 0.625. The number of thiophene rings is 1. The van der Waals surface area contributed by atoms with Crippen molar-refractivity contribution < 1.29 is 4.79 Å². The Morgan fingerprint density at radius 1 is 1.24 bits per heavy atom. The lowest BCUT2D eigenvalue weighted by atomic mass is 10.2. The van der Waals surface area contributed by atoms with Crippen LogP contribution < -0.4 is 16.6 Å². The fourth-order valence-corrected chi connectivity index (χ4v) is 3.50. The largest absolute Gasteiger partial charge is 0.352 e. The van der Waals surface area contributed by atoms with Gasteiger partial charge >= 0.3 is 5.69 Å². The summed E-state index contributed by atoms with van der Waals surface area (Å²) < 4.78 is 1.66. The minimum atomic E-state index is -0.452. The van der Waals surface area contributed by atoms with Crippen LogP contribution in [0.4, 0.5) is 0 Å². The average Bonchev–Trinajstić information content (AvgIpc) is 3.05. The first kappa shape index (κ1) is 17.4. The summed E-state index contributed by atoms with van der Waals surface area (Å²) in [6, 6.07) is 9.00. The number of H-pyrrole nitrogens is 1. The van der Waals surface area contributed by atoms with Gasteiger partial charge in [0, 0.05) is 24.5 Å². The second-order valence-corrected chi connectivity index (χ2v) is 6.85. The molecule has 6 nitrogen and oxygen atoms in total. The van der Waals surface area contributed by atoms with E-state index in [1.807, 2.05) is 18.2 Å². The highest BCUT2D eigenvalue weighted by Gasteiger charge is 2.09. The zero-order valence-corrected chi connectivity index (χ0v) is 14.8. The Morgan fingerprint density at radius 3 is 2.84 bits per heavy atom. The SMILES string of the molecule is O=C(CCCn1c(=O)[nH]c2ccsc2c1=O)NCc1ccccc1Cl. The number of nitrogens with zero attached hydrogens (tertiary/aromatic N) is 1. The van der Waals surface area contributed by atoms with E-state index in [4.69, 9.17) is 11.6 Å². The van der Waals surface area contributed by atoms with Gasteiger partial charge in [0.2, 0.25) is 5.91 Å². The molecule has 8 heteroatoms. The molecule has 3 rings (SSSR count). The quantitative estimate of drug-likeness (QED) is 0.692. The van der Waals surface area contributed by atoms with Gasteiger partial charge in [-0.3, -0.25) is 14.2 Å². The molecule has 0 saturated carbocycles. The second kappa shape index (κ2) is 7.67. The molecule has 25 heavy (non-hydrogen) atoms. The van der Waals surface area contributed by atoms with Gasteiger partial charge in [-0.15, -0.1) is 11.3 Å². The minimum absolute atomic E-state index is 0.151. The highest BCUT2D eigenvalue weighted by molar-refractivity contribution is 7.17. The summed E-state index contributed by atoms with van der Waals surface area (Å²) in [4.78, 5) is 38.9. The van der Waals surface area contributed by atoms with Crippen LogP contribution in [-0.4, -0.2) is 15.5 Å². The Balaban J connectivity index is 1.56. The molecule has 2 N–H and O–H groups in total. The lowest BCUT2D eigenvalue weighted by Gasteiger charge is -2.07. The van der Waals surface area contributed by atoms with Crippen LogP contribution in [0.1, 0.15) is 18.4 Å². The van der Waals surface area contributed by atoms with Gasteiger partial charge in [-0.1, -0.05) is 29.8 Å². The van der Waals surface area contributed by atoms with Crippen molar-refractivity contribution in [2.24, 2.45) is 0 Å². The first-order chi connectivity index (χ1) is 12.1. The monoisotopic (exact) mass is 377 g/mol. The smallest absolute Gasteiger partial charge is 0.328 e. The Labute approximate surface area is 152 Å². The second-order valence-electron chi connectivity index (χ2n) is 5.52.